The van der Waals surface area contributed by atoms with E-state index >= 15 is 0 Å². The van der Waals surface area contributed by atoms with Gasteiger partial charge in [0.1, 0.15) is 0 Å². The van der Waals surface area contributed by atoms with E-state index in [1.165, 1.54) is 11.3 Å². The molecule has 0 fully saturated rings. The molecule has 2 aromatic rings. The fourth-order valence-electron chi connectivity index (χ4n) is 4.54. The maximum Gasteiger partial charge on any atom is 0.271 e. The minimum absolute atomic E-state index is 0.131. The SMILES string of the molecule is Cc1cc2c(cc1/C=N\NC(=O)c1ccccc1)[C@H](C)CC(C)(C)N2C(C)C. The molecule has 28 heavy (non-hydrogen) atoms. The van der Waals surface area contributed by atoms with Crippen molar-refractivity contribution in [3.63, 3.8) is 0 Å². The van der Waals surface area contributed by atoms with E-state index in [0.29, 0.717) is 17.5 Å². The van der Waals surface area contributed by atoms with Gasteiger partial charge in [-0.3, -0.25) is 4.79 Å². The summed E-state index contributed by atoms with van der Waals surface area (Å²) in [5.74, 6) is 0.278. The van der Waals surface area contributed by atoms with E-state index < -0.39 is 0 Å². The average Bonchev–Trinajstić information content (AvgIpc) is 2.62. The topological polar surface area (TPSA) is 44.7 Å². The standard InChI is InChI=1S/C24H31N3O/c1-16(2)27-22-12-17(3)20(13-21(22)18(4)14-24(27,5)6)15-25-26-23(28)19-10-8-7-9-11-19/h7-13,15-16,18H,14H2,1-6H3,(H,26,28)/b25-15-/t18-/m1/s1. The molecule has 0 spiro atoms. The molecular formula is C24H31N3O. The number of nitrogens with zero attached hydrogens (tertiary/aromatic N) is 2. The van der Waals surface area contributed by atoms with Gasteiger partial charge in [-0.25, -0.2) is 5.43 Å². The third-order valence-electron chi connectivity index (χ3n) is 5.59. The summed E-state index contributed by atoms with van der Waals surface area (Å²) in [7, 11) is 0. The van der Waals surface area contributed by atoms with Gasteiger partial charge >= 0.3 is 0 Å². The first-order chi connectivity index (χ1) is 13.2. The number of anilines is 1. The summed E-state index contributed by atoms with van der Waals surface area (Å²) in [5, 5.41) is 4.20. The Labute approximate surface area is 168 Å². The summed E-state index contributed by atoms with van der Waals surface area (Å²) >= 11 is 0. The highest BCUT2D eigenvalue weighted by Crippen LogP contribution is 2.45. The van der Waals surface area contributed by atoms with Crippen molar-refractivity contribution in [2.75, 3.05) is 4.90 Å². The third kappa shape index (κ3) is 3.96. The average molecular weight is 378 g/mol. The van der Waals surface area contributed by atoms with Gasteiger partial charge in [0.25, 0.3) is 5.91 Å². The molecule has 1 N–H and O–H groups in total. The van der Waals surface area contributed by atoms with Gasteiger partial charge in [-0.05, 0) is 87.9 Å². The highest BCUT2D eigenvalue weighted by molar-refractivity contribution is 5.95. The van der Waals surface area contributed by atoms with Crippen LogP contribution in [0.2, 0.25) is 0 Å². The number of hydrazone groups is 1. The number of carbonyl (C=O) groups excluding carboxylic acids is 1. The van der Waals surface area contributed by atoms with Crippen LogP contribution >= 0.6 is 0 Å². The summed E-state index contributed by atoms with van der Waals surface area (Å²) in [5.41, 5.74) is 8.24. The number of amides is 1. The van der Waals surface area contributed by atoms with Crippen LogP contribution in [0.15, 0.2) is 47.6 Å². The summed E-state index contributed by atoms with van der Waals surface area (Å²) < 4.78 is 0. The van der Waals surface area contributed by atoms with E-state index in [4.69, 9.17) is 0 Å². The smallest absolute Gasteiger partial charge is 0.271 e. The molecule has 0 radical (unpaired) electrons. The van der Waals surface area contributed by atoms with Gasteiger partial charge in [0.15, 0.2) is 0 Å². The second-order valence-corrected chi connectivity index (χ2v) is 8.71. The zero-order valence-corrected chi connectivity index (χ0v) is 17.8. The molecule has 148 valence electrons. The highest BCUT2D eigenvalue weighted by Gasteiger charge is 2.37. The molecular weight excluding hydrogens is 346 g/mol. The van der Waals surface area contributed by atoms with E-state index in [0.717, 1.165) is 17.5 Å². The van der Waals surface area contributed by atoms with Crippen LogP contribution < -0.4 is 10.3 Å². The fraction of sp³-hybridized carbons (Fsp3) is 0.417. The Bertz CT molecular complexity index is 884. The Morgan fingerprint density at radius 2 is 1.93 bits per heavy atom. The van der Waals surface area contributed by atoms with Gasteiger partial charge in [-0.15, -0.1) is 0 Å². The number of carbonyl (C=O) groups is 1. The van der Waals surface area contributed by atoms with Gasteiger partial charge < -0.3 is 4.90 Å². The zero-order chi connectivity index (χ0) is 20.5. The molecule has 0 aromatic heterocycles. The molecule has 2 aromatic carbocycles. The van der Waals surface area contributed by atoms with Gasteiger partial charge in [-0.1, -0.05) is 25.1 Å². The van der Waals surface area contributed by atoms with Gasteiger partial charge in [-0.2, -0.15) is 5.10 Å². The van der Waals surface area contributed by atoms with Crippen LogP contribution in [-0.2, 0) is 0 Å². The van der Waals surface area contributed by atoms with Crippen molar-refractivity contribution in [2.24, 2.45) is 5.10 Å². The lowest BCUT2D eigenvalue weighted by Gasteiger charge is -2.50. The lowest BCUT2D eigenvalue weighted by molar-refractivity contribution is 0.0955. The third-order valence-corrected chi connectivity index (χ3v) is 5.59. The quantitative estimate of drug-likeness (QED) is 0.583. The van der Waals surface area contributed by atoms with Crippen LogP contribution in [0, 0.1) is 6.92 Å². The second kappa shape index (κ2) is 7.78. The van der Waals surface area contributed by atoms with Crippen LogP contribution in [0.25, 0.3) is 0 Å². The number of hydrogen-bond donors (Lipinski definition) is 1. The van der Waals surface area contributed by atoms with E-state index in [2.05, 4.69) is 69.1 Å². The normalized spacial score (nSPS) is 18.4. The van der Waals surface area contributed by atoms with E-state index in [9.17, 15) is 4.79 Å². The predicted molar refractivity (Wildman–Crippen MR) is 117 cm³/mol. The summed E-state index contributed by atoms with van der Waals surface area (Å²) in [6.07, 6.45) is 2.87. The van der Waals surface area contributed by atoms with Crippen LogP contribution in [0.1, 0.15) is 74.0 Å². The molecule has 0 saturated heterocycles. The Morgan fingerprint density at radius 3 is 2.57 bits per heavy atom. The van der Waals surface area contributed by atoms with Crippen molar-refractivity contribution in [1.29, 1.82) is 0 Å². The van der Waals surface area contributed by atoms with Crippen LogP contribution in [0.3, 0.4) is 0 Å². The van der Waals surface area contributed by atoms with E-state index in [1.54, 1.807) is 18.3 Å². The first-order valence-corrected chi connectivity index (χ1v) is 10.0. The van der Waals surface area contributed by atoms with E-state index in [1.807, 2.05) is 18.2 Å². The molecule has 0 aliphatic carbocycles. The molecule has 4 heteroatoms. The first-order valence-electron chi connectivity index (χ1n) is 10.0. The molecule has 1 aliphatic rings. The zero-order valence-electron chi connectivity index (χ0n) is 17.8. The second-order valence-electron chi connectivity index (χ2n) is 8.71. The first kappa shape index (κ1) is 20.1. The van der Waals surface area contributed by atoms with Gasteiger partial charge in [0, 0.05) is 22.8 Å². The van der Waals surface area contributed by atoms with Gasteiger partial charge in [0.2, 0.25) is 0 Å². The molecule has 1 aliphatic heterocycles. The van der Waals surface area contributed by atoms with E-state index in [-0.39, 0.29) is 11.4 Å². The molecule has 3 rings (SSSR count). The molecule has 0 saturated carbocycles. The summed E-state index contributed by atoms with van der Waals surface area (Å²) in [4.78, 5) is 14.7. The molecule has 1 heterocycles. The Morgan fingerprint density at radius 1 is 1.25 bits per heavy atom. The highest BCUT2D eigenvalue weighted by atomic mass is 16.2. The van der Waals surface area contributed by atoms with Crippen LogP contribution in [0.5, 0.6) is 0 Å². The van der Waals surface area contributed by atoms with Crippen molar-refractivity contribution in [3.05, 3.63) is 64.7 Å². The van der Waals surface area contributed by atoms with Crippen LogP contribution in [-0.4, -0.2) is 23.7 Å². The van der Waals surface area contributed by atoms with Gasteiger partial charge in [0.05, 0.1) is 6.21 Å². The maximum atomic E-state index is 12.2. The molecule has 1 amide bonds. The van der Waals surface area contributed by atoms with Crippen molar-refractivity contribution < 1.29 is 4.79 Å². The van der Waals surface area contributed by atoms with Crippen molar-refractivity contribution in [3.8, 4) is 0 Å². The molecule has 1 atom stereocenters. The molecule has 4 nitrogen and oxygen atoms in total. The molecule has 0 bridgehead atoms. The minimum Gasteiger partial charge on any atom is -0.364 e. The number of nitrogens with one attached hydrogen (secondary N) is 1. The summed E-state index contributed by atoms with van der Waals surface area (Å²) in [6, 6.07) is 14.1. The van der Waals surface area contributed by atoms with Crippen molar-refractivity contribution in [1.82, 2.24) is 5.43 Å². The monoisotopic (exact) mass is 377 g/mol. The van der Waals surface area contributed by atoms with Crippen molar-refractivity contribution in [2.45, 2.75) is 65.5 Å². The Balaban J connectivity index is 1.87. The Kier molecular flexibility index (Phi) is 5.59. The van der Waals surface area contributed by atoms with Crippen LogP contribution in [0.4, 0.5) is 5.69 Å². The minimum atomic E-state index is -0.200. The summed E-state index contributed by atoms with van der Waals surface area (Å²) in [6.45, 7) is 13.6. The predicted octanol–water partition coefficient (Wildman–Crippen LogP) is 5.26. The van der Waals surface area contributed by atoms with Crippen molar-refractivity contribution >= 4 is 17.8 Å². The maximum absolute atomic E-state index is 12.2. The largest absolute Gasteiger partial charge is 0.364 e. The Hall–Kier alpha value is -2.62. The number of rotatable bonds is 4. The lowest BCUT2D eigenvalue weighted by atomic mass is 9.78. The number of hydrogen-bond acceptors (Lipinski definition) is 3. The fourth-order valence-corrected chi connectivity index (χ4v) is 4.54. The number of aryl methyl sites for hydroxylation is 1. The molecule has 0 unspecified atom stereocenters. The number of benzene rings is 2. The lowest BCUT2D eigenvalue weighted by Crippen LogP contribution is -2.51. The number of fused-ring (bicyclic) bond motifs is 1.